The summed E-state index contributed by atoms with van der Waals surface area (Å²) in [6.45, 7) is 1.15. The van der Waals surface area contributed by atoms with Crippen LogP contribution in [0.4, 0.5) is 0 Å². The Morgan fingerprint density at radius 1 is 1.22 bits per heavy atom. The predicted molar refractivity (Wildman–Crippen MR) is 101 cm³/mol. The summed E-state index contributed by atoms with van der Waals surface area (Å²) in [5, 5.41) is 11.3. The average Bonchev–Trinajstić information content (AvgIpc) is 3.53. The van der Waals surface area contributed by atoms with Gasteiger partial charge in [0, 0.05) is 24.9 Å². The van der Waals surface area contributed by atoms with E-state index in [0.717, 1.165) is 17.7 Å². The summed E-state index contributed by atoms with van der Waals surface area (Å²) in [4.78, 5) is 16.2. The number of ether oxygens (including phenoxy) is 2. The molecule has 0 spiro atoms. The number of nitriles is 1. The summed E-state index contributed by atoms with van der Waals surface area (Å²) in [6, 6.07) is 12.8. The third kappa shape index (κ3) is 6.48. The van der Waals surface area contributed by atoms with Crippen LogP contribution in [0.3, 0.4) is 0 Å². The fourth-order valence-electron chi connectivity index (χ4n) is 2.30. The second-order valence-electron chi connectivity index (χ2n) is 6.33. The summed E-state index contributed by atoms with van der Waals surface area (Å²) in [7, 11) is 0. The molecular weight excluding hydrogens is 342 g/mol. The number of nitrogens with one attached hydrogen (secondary N) is 1. The summed E-state index contributed by atoms with van der Waals surface area (Å²) in [5.41, 5.74) is 1.78. The summed E-state index contributed by atoms with van der Waals surface area (Å²) in [5.74, 6) is 1.75. The normalized spacial score (nSPS) is 13.1. The molecule has 1 aliphatic carbocycles. The van der Waals surface area contributed by atoms with Gasteiger partial charge in [0.05, 0.1) is 6.61 Å². The highest BCUT2D eigenvalue weighted by Crippen LogP contribution is 2.29. The van der Waals surface area contributed by atoms with Crippen molar-refractivity contribution >= 4 is 12.0 Å². The molecule has 0 saturated heterocycles. The summed E-state index contributed by atoms with van der Waals surface area (Å²) >= 11 is 0. The molecule has 0 radical (unpaired) electrons. The van der Waals surface area contributed by atoms with Crippen molar-refractivity contribution < 1.29 is 14.3 Å². The predicted octanol–water partition coefficient (Wildman–Crippen LogP) is 3.10. The smallest absolute Gasteiger partial charge is 0.244 e. The van der Waals surface area contributed by atoms with Crippen LogP contribution in [0.5, 0.6) is 11.6 Å². The van der Waals surface area contributed by atoms with E-state index in [4.69, 9.17) is 14.7 Å². The van der Waals surface area contributed by atoms with E-state index < -0.39 is 0 Å². The van der Waals surface area contributed by atoms with Gasteiger partial charge in [0.15, 0.2) is 6.61 Å². The molecule has 0 atom stereocenters. The number of benzene rings is 1. The van der Waals surface area contributed by atoms with Crippen LogP contribution in [0, 0.1) is 17.2 Å². The molecule has 0 aliphatic heterocycles. The quantitative estimate of drug-likeness (QED) is 0.692. The van der Waals surface area contributed by atoms with Crippen molar-refractivity contribution in [1.82, 2.24) is 10.3 Å². The molecule has 1 amide bonds. The minimum Gasteiger partial charge on any atom is -0.479 e. The van der Waals surface area contributed by atoms with Gasteiger partial charge in [-0.05, 0) is 48.1 Å². The molecule has 1 aliphatic rings. The van der Waals surface area contributed by atoms with Gasteiger partial charge < -0.3 is 14.8 Å². The Kier molecular flexibility index (Phi) is 6.42. The topological polar surface area (TPSA) is 84.2 Å². The first-order chi connectivity index (χ1) is 13.2. The van der Waals surface area contributed by atoms with Crippen molar-refractivity contribution in [2.75, 3.05) is 13.2 Å². The molecule has 1 aromatic carbocycles. The maximum atomic E-state index is 11.9. The summed E-state index contributed by atoms with van der Waals surface area (Å²) < 4.78 is 10.8. The van der Waals surface area contributed by atoms with E-state index in [1.54, 1.807) is 24.4 Å². The van der Waals surface area contributed by atoms with Crippen molar-refractivity contribution in [3.63, 3.8) is 0 Å². The Labute approximate surface area is 158 Å². The number of amides is 1. The van der Waals surface area contributed by atoms with E-state index in [9.17, 15) is 4.79 Å². The molecule has 3 rings (SSSR count). The van der Waals surface area contributed by atoms with Crippen LogP contribution in [0.2, 0.25) is 0 Å². The average molecular weight is 363 g/mol. The first kappa shape index (κ1) is 18.5. The Morgan fingerprint density at radius 3 is 2.70 bits per heavy atom. The highest BCUT2D eigenvalue weighted by Gasteiger charge is 2.21. The maximum absolute atomic E-state index is 11.9. The van der Waals surface area contributed by atoms with Crippen LogP contribution in [-0.2, 0) is 11.3 Å². The lowest BCUT2D eigenvalue weighted by molar-refractivity contribution is -0.116. The Hall–Kier alpha value is -3.33. The molecule has 6 heteroatoms. The van der Waals surface area contributed by atoms with Gasteiger partial charge in [-0.3, -0.25) is 4.79 Å². The van der Waals surface area contributed by atoms with Gasteiger partial charge in [-0.1, -0.05) is 18.2 Å². The number of hydrogen-bond donors (Lipinski definition) is 1. The van der Waals surface area contributed by atoms with Crippen molar-refractivity contribution in [3.8, 4) is 17.7 Å². The largest absolute Gasteiger partial charge is 0.479 e. The lowest BCUT2D eigenvalue weighted by Crippen LogP contribution is -2.20. The fraction of sp³-hybridized carbons (Fsp3) is 0.286. The van der Waals surface area contributed by atoms with Gasteiger partial charge >= 0.3 is 0 Å². The lowest BCUT2D eigenvalue weighted by atomic mass is 10.2. The van der Waals surface area contributed by atoms with E-state index in [0.29, 0.717) is 24.1 Å². The van der Waals surface area contributed by atoms with Gasteiger partial charge in [0.1, 0.15) is 11.8 Å². The van der Waals surface area contributed by atoms with Crippen molar-refractivity contribution in [1.29, 1.82) is 5.26 Å². The molecule has 0 unspecified atom stereocenters. The van der Waals surface area contributed by atoms with Crippen LogP contribution < -0.4 is 14.8 Å². The molecule has 6 nitrogen and oxygen atoms in total. The van der Waals surface area contributed by atoms with E-state index in [1.807, 2.05) is 30.3 Å². The first-order valence-electron chi connectivity index (χ1n) is 8.86. The van der Waals surface area contributed by atoms with Gasteiger partial charge in [-0.2, -0.15) is 5.26 Å². The molecule has 1 fully saturated rings. The highest BCUT2D eigenvalue weighted by atomic mass is 16.5. The minimum atomic E-state index is -0.186. The van der Waals surface area contributed by atoms with Gasteiger partial charge in [-0.15, -0.1) is 0 Å². The summed E-state index contributed by atoms with van der Waals surface area (Å²) in [6.07, 6.45) is 7.40. The molecule has 1 saturated carbocycles. The number of carbonyl (C=O) groups excluding carboxylic acids is 1. The Balaban J connectivity index is 1.41. The molecular formula is C21H21N3O3. The molecule has 0 bridgehead atoms. The maximum Gasteiger partial charge on any atom is 0.244 e. The second-order valence-corrected chi connectivity index (χ2v) is 6.33. The highest BCUT2D eigenvalue weighted by molar-refractivity contribution is 5.91. The second kappa shape index (κ2) is 9.39. The lowest BCUT2D eigenvalue weighted by Gasteiger charge is -2.06. The van der Waals surface area contributed by atoms with Crippen LogP contribution in [0.15, 0.2) is 48.7 Å². The third-order valence-electron chi connectivity index (χ3n) is 4.04. The fourth-order valence-corrected chi connectivity index (χ4v) is 2.30. The van der Waals surface area contributed by atoms with Gasteiger partial charge in [0.2, 0.25) is 11.8 Å². The van der Waals surface area contributed by atoms with Gasteiger partial charge in [-0.25, -0.2) is 4.98 Å². The Morgan fingerprint density at radius 2 is 2.04 bits per heavy atom. The first-order valence-corrected chi connectivity index (χ1v) is 8.86. The van der Waals surface area contributed by atoms with Crippen LogP contribution in [-0.4, -0.2) is 24.1 Å². The molecule has 1 aromatic heterocycles. The van der Waals surface area contributed by atoms with Crippen LogP contribution in [0.25, 0.3) is 6.08 Å². The van der Waals surface area contributed by atoms with E-state index in [1.165, 1.54) is 18.9 Å². The number of aromatic nitrogens is 1. The minimum absolute atomic E-state index is 0.0140. The van der Waals surface area contributed by atoms with Crippen molar-refractivity contribution in [2.45, 2.75) is 19.4 Å². The number of hydrogen-bond acceptors (Lipinski definition) is 5. The SMILES string of the molecule is N#CCOc1ccc(/C=C/C(=O)NCc2ccc(OCC3CC3)nc2)cc1. The van der Waals surface area contributed by atoms with E-state index >= 15 is 0 Å². The molecule has 1 N–H and O–H groups in total. The van der Waals surface area contributed by atoms with Crippen molar-refractivity contribution in [3.05, 3.63) is 59.8 Å². The molecule has 1 heterocycles. The molecule has 27 heavy (non-hydrogen) atoms. The standard InChI is InChI=1S/C21H21N3O3/c22-11-12-26-19-7-3-16(4-8-19)5-9-20(25)23-13-18-6-10-21(24-14-18)27-15-17-1-2-17/h3-10,14,17H,1-2,12-13,15H2,(H,23,25)/b9-5+. The zero-order valence-electron chi connectivity index (χ0n) is 14.9. The number of nitrogens with zero attached hydrogens (tertiary/aromatic N) is 2. The van der Waals surface area contributed by atoms with Crippen LogP contribution >= 0.6 is 0 Å². The number of carbonyl (C=O) groups is 1. The zero-order valence-corrected chi connectivity index (χ0v) is 14.9. The number of rotatable bonds is 9. The monoisotopic (exact) mass is 363 g/mol. The van der Waals surface area contributed by atoms with Crippen LogP contribution in [0.1, 0.15) is 24.0 Å². The zero-order chi connectivity index (χ0) is 18.9. The number of pyridine rings is 1. The van der Waals surface area contributed by atoms with E-state index in [2.05, 4.69) is 10.3 Å². The third-order valence-corrected chi connectivity index (χ3v) is 4.04. The van der Waals surface area contributed by atoms with E-state index in [-0.39, 0.29) is 12.5 Å². The molecule has 138 valence electrons. The molecule has 2 aromatic rings. The van der Waals surface area contributed by atoms with Crippen molar-refractivity contribution in [2.24, 2.45) is 5.92 Å². The van der Waals surface area contributed by atoms with Gasteiger partial charge in [0.25, 0.3) is 0 Å². The Bertz CT molecular complexity index is 819.